The second kappa shape index (κ2) is 4.55. The van der Waals surface area contributed by atoms with Gasteiger partial charge >= 0.3 is 0 Å². The van der Waals surface area contributed by atoms with Crippen LogP contribution in [0.15, 0.2) is 50.9 Å². The van der Waals surface area contributed by atoms with Crippen LogP contribution in [0.25, 0.3) is 11.1 Å². The largest absolute Gasteiger partial charge is 0.431 e. The van der Waals surface area contributed by atoms with E-state index in [0.717, 1.165) is 23.9 Å². The molecule has 3 aromatic rings. The zero-order valence-corrected chi connectivity index (χ0v) is 10.4. The molecular formula is C13H8F2N2OS. The number of halogens is 2. The van der Waals surface area contributed by atoms with Crippen LogP contribution in [-0.2, 0) is 0 Å². The van der Waals surface area contributed by atoms with E-state index in [1.165, 1.54) is 0 Å². The zero-order chi connectivity index (χ0) is 13.4. The number of nitrogen functional groups attached to an aromatic ring is 1. The van der Waals surface area contributed by atoms with Crippen LogP contribution in [0.2, 0.25) is 0 Å². The van der Waals surface area contributed by atoms with Gasteiger partial charge < -0.3 is 10.2 Å². The van der Waals surface area contributed by atoms with E-state index in [4.69, 9.17) is 10.2 Å². The van der Waals surface area contributed by atoms with Crippen LogP contribution < -0.4 is 5.73 Å². The van der Waals surface area contributed by atoms with Crippen molar-refractivity contribution in [3.8, 4) is 0 Å². The third-order valence-corrected chi connectivity index (χ3v) is 3.43. The van der Waals surface area contributed by atoms with Gasteiger partial charge in [0, 0.05) is 11.0 Å². The number of hydrogen-bond acceptors (Lipinski definition) is 4. The molecule has 3 nitrogen and oxygen atoms in total. The summed E-state index contributed by atoms with van der Waals surface area (Å²) in [6, 6.07) is 9.09. The molecule has 0 bridgehead atoms. The number of aromatic nitrogens is 1. The summed E-state index contributed by atoms with van der Waals surface area (Å²) in [5, 5.41) is 0.290. The lowest BCUT2D eigenvalue weighted by Gasteiger charge is -2.03. The standard InChI is InChI=1S/C13H8F2N2OS/c14-7-5-8(15)12(16)11(6-7)19-13-17-9-3-1-2-4-10(9)18-13/h1-6H,16H2. The minimum atomic E-state index is -0.793. The second-order valence-corrected chi connectivity index (χ2v) is 4.84. The molecule has 2 aromatic carbocycles. The van der Waals surface area contributed by atoms with E-state index in [1.807, 2.05) is 12.1 Å². The maximum atomic E-state index is 13.3. The number of anilines is 1. The molecule has 96 valence electrons. The SMILES string of the molecule is Nc1c(F)cc(F)cc1Sc1nc2ccccc2o1. The van der Waals surface area contributed by atoms with Crippen molar-refractivity contribution in [3.63, 3.8) is 0 Å². The number of fused-ring (bicyclic) bond motifs is 1. The van der Waals surface area contributed by atoms with Gasteiger partial charge in [-0.1, -0.05) is 12.1 Å². The van der Waals surface area contributed by atoms with E-state index < -0.39 is 11.6 Å². The lowest BCUT2D eigenvalue weighted by atomic mass is 10.3. The van der Waals surface area contributed by atoms with Gasteiger partial charge in [-0.05, 0) is 30.0 Å². The van der Waals surface area contributed by atoms with Crippen molar-refractivity contribution in [2.75, 3.05) is 5.73 Å². The monoisotopic (exact) mass is 278 g/mol. The molecule has 0 aliphatic heterocycles. The van der Waals surface area contributed by atoms with Crippen molar-refractivity contribution in [2.24, 2.45) is 0 Å². The predicted molar refractivity (Wildman–Crippen MR) is 68.9 cm³/mol. The number of oxazole rings is 1. The normalized spacial score (nSPS) is 11.1. The maximum Gasteiger partial charge on any atom is 0.261 e. The van der Waals surface area contributed by atoms with Crippen molar-refractivity contribution >= 4 is 28.5 Å². The summed E-state index contributed by atoms with van der Waals surface area (Å²) in [5.41, 5.74) is 6.74. The van der Waals surface area contributed by atoms with E-state index in [-0.39, 0.29) is 15.8 Å². The van der Waals surface area contributed by atoms with Crippen LogP contribution in [0, 0.1) is 11.6 Å². The Labute approximate surface area is 111 Å². The van der Waals surface area contributed by atoms with E-state index >= 15 is 0 Å². The minimum absolute atomic E-state index is 0.117. The van der Waals surface area contributed by atoms with Gasteiger partial charge in [0.25, 0.3) is 5.22 Å². The third-order valence-electron chi connectivity index (χ3n) is 2.53. The third kappa shape index (κ3) is 2.26. The molecule has 3 rings (SSSR count). The number of nitrogens with zero attached hydrogens (tertiary/aromatic N) is 1. The Morgan fingerprint density at radius 3 is 2.74 bits per heavy atom. The maximum absolute atomic E-state index is 13.3. The smallest absolute Gasteiger partial charge is 0.261 e. The molecule has 0 aliphatic rings. The van der Waals surface area contributed by atoms with Gasteiger partial charge in [0.2, 0.25) is 0 Å². The molecule has 0 fully saturated rings. The molecule has 0 spiro atoms. The van der Waals surface area contributed by atoms with Gasteiger partial charge in [0.1, 0.15) is 17.2 Å². The molecule has 1 aromatic heterocycles. The molecular weight excluding hydrogens is 270 g/mol. The van der Waals surface area contributed by atoms with Crippen molar-refractivity contribution in [1.29, 1.82) is 0 Å². The highest BCUT2D eigenvalue weighted by molar-refractivity contribution is 7.99. The average Bonchev–Trinajstić information content (AvgIpc) is 2.77. The highest BCUT2D eigenvalue weighted by Crippen LogP contribution is 2.35. The van der Waals surface area contributed by atoms with Crippen LogP contribution in [0.3, 0.4) is 0 Å². The number of hydrogen-bond donors (Lipinski definition) is 1. The number of rotatable bonds is 2. The number of para-hydroxylation sites is 2. The molecule has 0 aliphatic carbocycles. The van der Waals surface area contributed by atoms with Crippen LogP contribution in [-0.4, -0.2) is 4.98 Å². The predicted octanol–water partition coefficient (Wildman–Crippen LogP) is 3.84. The fraction of sp³-hybridized carbons (Fsp3) is 0. The summed E-state index contributed by atoms with van der Waals surface area (Å²) in [6.07, 6.45) is 0. The highest BCUT2D eigenvalue weighted by Gasteiger charge is 2.13. The van der Waals surface area contributed by atoms with E-state index in [1.54, 1.807) is 12.1 Å². The van der Waals surface area contributed by atoms with Crippen LogP contribution in [0.1, 0.15) is 0 Å². The molecule has 0 amide bonds. The molecule has 2 N–H and O–H groups in total. The summed E-state index contributed by atoms with van der Waals surface area (Å²) in [5.74, 6) is -1.48. The fourth-order valence-corrected chi connectivity index (χ4v) is 2.48. The first-order valence-electron chi connectivity index (χ1n) is 5.41. The highest BCUT2D eigenvalue weighted by atomic mass is 32.2. The first-order chi connectivity index (χ1) is 9.13. The van der Waals surface area contributed by atoms with E-state index in [9.17, 15) is 8.78 Å². The van der Waals surface area contributed by atoms with E-state index in [2.05, 4.69) is 4.98 Å². The Morgan fingerprint density at radius 1 is 1.16 bits per heavy atom. The van der Waals surface area contributed by atoms with Gasteiger partial charge in [-0.3, -0.25) is 0 Å². The molecule has 0 saturated carbocycles. The molecule has 0 radical (unpaired) electrons. The Hall–Kier alpha value is -2.08. The average molecular weight is 278 g/mol. The van der Waals surface area contributed by atoms with Crippen molar-refractivity contribution in [2.45, 2.75) is 10.1 Å². The van der Waals surface area contributed by atoms with Crippen molar-refractivity contribution in [3.05, 3.63) is 48.0 Å². The van der Waals surface area contributed by atoms with Crippen LogP contribution in [0.5, 0.6) is 0 Å². The fourth-order valence-electron chi connectivity index (χ4n) is 1.63. The number of nitrogens with two attached hydrogens (primary N) is 1. The summed E-state index contributed by atoms with van der Waals surface area (Å²) >= 11 is 0.986. The summed E-state index contributed by atoms with van der Waals surface area (Å²) in [4.78, 5) is 4.44. The molecule has 1 heterocycles. The summed E-state index contributed by atoms with van der Waals surface area (Å²) in [7, 11) is 0. The second-order valence-electron chi connectivity index (χ2n) is 3.85. The summed E-state index contributed by atoms with van der Waals surface area (Å²) in [6.45, 7) is 0. The molecule has 6 heteroatoms. The molecule has 0 atom stereocenters. The van der Waals surface area contributed by atoms with Gasteiger partial charge in [-0.25, -0.2) is 13.8 Å². The van der Waals surface area contributed by atoms with Crippen molar-refractivity contribution in [1.82, 2.24) is 4.98 Å². The quantitative estimate of drug-likeness (QED) is 0.724. The lowest BCUT2D eigenvalue weighted by Crippen LogP contribution is -1.94. The molecule has 0 saturated heterocycles. The Morgan fingerprint density at radius 2 is 1.95 bits per heavy atom. The first-order valence-corrected chi connectivity index (χ1v) is 6.23. The Kier molecular flexibility index (Phi) is 2.87. The molecule has 19 heavy (non-hydrogen) atoms. The molecule has 0 unspecified atom stereocenters. The lowest BCUT2D eigenvalue weighted by molar-refractivity contribution is 0.489. The zero-order valence-electron chi connectivity index (χ0n) is 9.56. The Bertz CT molecular complexity index is 724. The number of benzene rings is 2. The Balaban J connectivity index is 2.01. The minimum Gasteiger partial charge on any atom is -0.431 e. The van der Waals surface area contributed by atoms with Gasteiger partial charge in [-0.15, -0.1) is 0 Å². The van der Waals surface area contributed by atoms with Crippen LogP contribution in [0.4, 0.5) is 14.5 Å². The topological polar surface area (TPSA) is 52.0 Å². The first kappa shape index (κ1) is 12.0. The van der Waals surface area contributed by atoms with Crippen molar-refractivity contribution < 1.29 is 13.2 Å². The van der Waals surface area contributed by atoms with Gasteiger partial charge in [0.15, 0.2) is 5.58 Å². The van der Waals surface area contributed by atoms with Gasteiger partial charge in [-0.2, -0.15) is 0 Å². The van der Waals surface area contributed by atoms with Gasteiger partial charge in [0.05, 0.1) is 5.69 Å². The summed E-state index contributed by atoms with van der Waals surface area (Å²) < 4.78 is 31.9. The van der Waals surface area contributed by atoms with E-state index in [0.29, 0.717) is 11.1 Å². The van der Waals surface area contributed by atoms with Crippen LogP contribution >= 0.6 is 11.8 Å².